The Morgan fingerprint density at radius 1 is 1.00 bits per heavy atom. The van der Waals surface area contributed by atoms with Crippen molar-refractivity contribution < 1.29 is 14.3 Å². The summed E-state index contributed by atoms with van der Waals surface area (Å²) in [7, 11) is 1.63. The first-order chi connectivity index (χ1) is 15.2. The zero-order chi connectivity index (χ0) is 21.5. The lowest BCUT2D eigenvalue weighted by molar-refractivity contribution is -0.116. The van der Waals surface area contributed by atoms with Crippen LogP contribution in [0.2, 0.25) is 0 Å². The Morgan fingerprint density at radius 2 is 1.77 bits per heavy atom. The summed E-state index contributed by atoms with van der Waals surface area (Å²) < 4.78 is 13.0. The van der Waals surface area contributed by atoms with Gasteiger partial charge in [-0.15, -0.1) is 0 Å². The van der Waals surface area contributed by atoms with E-state index in [0.717, 1.165) is 33.4 Å². The Kier molecular flexibility index (Phi) is 6.74. The smallest absolute Gasteiger partial charge is 0.244 e. The molecule has 0 aliphatic carbocycles. The van der Waals surface area contributed by atoms with E-state index in [1.807, 2.05) is 83.4 Å². The standard InChI is InChI=1S/C24H23N3O3S/c1-29-19-10-7-11-20(16-19)30-14-15-31-24-26-21-12-5-6-13-22(21)27(24)17-23(28)25-18-8-3-2-4-9-18/h2-13,16H,14-15,17H2,1H3,(H,25,28). The molecule has 0 saturated carbocycles. The van der Waals surface area contributed by atoms with E-state index in [1.54, 1.807) is 18.9 Å². The van der Waals surface area contributed by atoms with E-state index in [0.29, 0.717) is 12.4 Å². The number of benzene rings is 3. The van der Waals surface area contributed by atoms with Gasteiger partial charge in [0.25, 0.3) is 0 Å². The van der Waals surface area contributed by atoms with Crippen molar-refractivity contribution in [1.29, 1.82) is 0 Å². The molecule has 7 heteroatoms. The zero-order valence-electron chi connectivity index (χ0n) is 17.2. The van der Waals surface area contributed by atoms with E-state index >= 15 is 0 Å². The first kappa shape index (κ1) is 20.8. The summed E-state index contributed by atoms with van der Waals surface area (Å²) >= 11 is 1.57. The Bertz CT molecular complexity index is 1160. The third-order valence-electron chi connectivity index (χ3n) is 4.60. The molecule has 0 aliphatic rings. The second-order valence-corrected chi connectivity index (χ2v) is 7.82. The highest BCUT2D eigenvalue weighted by Gasteiger charge is 2.14. The van der Waals surface area contributed by atoms with Gasteiger partial charge >= 0.3 is 0 Å². The van der Waals surface area contributed by atoms with Crippen molar-refractivity contribution in [3.8, 4) is 11.5 Å². The van der Waals surface area contributed by atoms with Crippen molar-refractivity contribution in [3.63, 3.8) is 0 Å². The summed E-state index contributed by atoms with van der Waals surface area (Å²) in [5.41, 5.74) is 2.57. The van der Waals surface area contributed by atoms with Crippen molar-refractivity contribution in [1.82, 2.24) is 9.55 Å². The first-order valence-corrected chi connectivity index (χ1v) is 10.9. The second-order valence-electron chi connectivity index (χ2n) is 6.76. The molecule has 0 radical (unpaired) electrons. The molecule has 0 saturated heterocycles. The maximum absolute atomic E-state index is 12.6. The number of thioether (sulfide) groups is 1. The Balaban J connectivity index is 1.42. The van der Waals surface area contributed by atoms with E-state index in [1.165, 1.54) is 0 Å². The highest BCUT2D eigenvalue weighted by molar-refractivity contribution is 7.99. The van der Waals surface area contributed by atoms with Crippen molar-refractivity contribution in [2.45, 2.75) is 11.7 Å². The summed E-state index contributed by atoms with van der Waals surface area (Å²) in [4.78, 5) is 17.4. The quantitative estimate of drug-likeness (QED) is 0.302. The number of nitrogens with one attached hydrogen (secondary N) is 1. The second kappa shape index (κ2) is 10.0. The molecule has 6 nitrogen and oxygen atoms in total. The average Bonchev–Trinajstić information content (AvgIpc) is 3.14. The number of carbonyl (C=O) groups is 1. The van der Waals surface area contributed by atoms with Crippen LogP contribution < -0.4 is 14.8 Å². The molecule has 0 spiro atoms. The Labute approximate surface area is 185 Å². The van der Waals surface area contributed by atoms with E-state index in [-0.39, 0.29) is 12.5 Å². The summed E-state index contributed by atoms with van der Waals surface area (Å²) in [5.74, 6) is 2.12. The highest BCUT2D eigenvalue weighted by Crippen LogP contribution is 2.25. The molecule has 0 atom stereocenters. The maximum Gasteiger partial charge on any atom is 0.244 e. The molecule has 0 fully saturated rings. The van der Waals surface area contributed by atoms with E-state index in [4.69, 9.17) is 14.5 Å². The molecular weight excluding hydrogens is 410 g/mol. The Hall–Kier alpha value is -3.45. The van der Waals surface area contributed by atoms with E-state index in [2.05, 4.69) is 5.32 Å². The molecule has 0 bridgehead atoms. The van der Waals surface area contributed by atoms with Crippen LogP contribution in [0, 0.1) is 0 Å². The third kappa shape index (κ3) is 5.38. The van der Waals surface area contributed by atoms with Gasteiger partial charge in [-0.25, -0.2) is 4.98 Å². The maximum atomic E-state index is 12.6. The number of para-hydroxylation sites is 3. The van der Waals surface area contributed by atoms with Crippen LogP contribution in [0.3, 0.4) is 0 Å². The predicted molar refractivity (Wildman–Crippen MR) is 124 cm³/mol. The van der Waals surface area contributed by atoms with Gasteiger partial charge in [0.2, 0.25) is 5.91 Å². The minimum Gasteiger partial charge on any atom is -0.497 e. The van der Waals surface area contributed by atoms with Gasteiger partial charge < -0.3 is 19.4 Å². The van der Waals surface area contributed by atoms with Crippen LogP contribution in [-0.2, 0) is 11.3 Å². The lowest BCUT2D eigenvalue weighted by Gasteiger charge is -2.10. The molecule has 0 aliphatic heterocycles. The number of fused-ring (bicyclic) bond motifs is 1. The largest absolute Gasteiger partial charge is 0.497 e. The van der Waals surface area contributed by atoms with Gasteiger partial charge in [0.15, 0.2) is 5.16 Å². The normalized spacial score (nSPS) is 10.7. The number of carbonyl (C=O) groups excluding carboxylic acids is 1. The van der Waals surface area contributed by atoms with Gasteiger partial charge in [-0.2, -0.15) is 0 Å². The van der Waals surface area contributed by atoms with E-state index in [9.17, 15) is 4.79 Å². The minimum absolute atomic E-state index is 0.0937. The lowest BCUT2D eigenvalue weighted by atomic mass is 10.3. The number of rotatable bonds is 9. The molecule has 3 aromatic carbocycles. The molecule has 158 valence electrons. The van der Waals surface area contributed by atoms with Gasteiger partial charge in [0, 0.05) is 17.5 Å². The fraction of sp³-hybridized carbons (Fsp3) is 0.167. The fourth-order valence-corrected chi connectivity index (χ4v) is 4.00. The lowest BCUT2D eigenvalue weighted by Crippen LogP contribution is -2.19. The molecule has 4 rings (SSSR count). The number of amides is 1. The fourth-order valence-electron chi connectivity index (χ4n) is 3.17. The van der Waals surface area contributed by atoms with Gasteiger partial charge in [-0.1, -0.05) is 48.2 Å². The van der Waals surface area contributed by atoms with Crippen LogP contribution in [0.4, 0.5) is 5.69 Å². The number of aromatic nitrogens is 2. The zero-order valence-corrected chi connectivity index (χ0v) is 18.0. The molecule has 1 aromatic heterocycles. The SMILES string of the molecule is COc1cccc(OCCSc2nc3ccccc3n2CC(=O)Nc2ccccc2)c1. The first-order valence-electron chi connectivity index (χ1n) is 9.93. The average molecular weight is 434 g/mol. The van der Waals surface area contributed by atoms with Crippen LogP contribution in [0.5, 0.6) is 11.5 Å². The number of imidazole rings is 1. The van der Waals surface area contributed by atoms with Crippen molar-refractivity contribution in [2.24, 2.45) is 0 Å². The van der Waals surface area contributed by atoms with Gasteiger partial charge in [-0.3, -0.25) is 4.79 Å². The minimum atomic E-state index is -0.0937. The topological polar surface area (TPSA) is 65.4 Å². The van der Waals surface area contributed by atoms with Gasteiger partial charge in [-0.05, 0) is 36.4 Å². The van der Waals surface area contributed by atoms with Crippen molar-refractivity contribution in [3.05, 3.63) is 78.9 Å². The van der Waals surface area contributed by atoms with Crippen LogP contribution in [-0.4, -0.2) is 34.9 Å². The molecule has 0 unspecified atom stereocenters. The monoisotopic (exact) mass is 433 g/mol. The number of hydrogen-bond donors (Lipinski definition) is 1. The van der Waals surface area contributed by atoms with Crippen molar-refractivity contribution in [2.75, 3.05) is 24.8 Å². The number of ether oxygens (including phenoxy) is 2. The Morgan fingerprint density at radius 3 is 2.61 bits per heavy atom. The van der Waals surface area contributed by atoms with Crippen LogP contribution in [0.25, 0.3) is 11.0 Å². The van der Waals surface area contributed by atoms with Gasteiger partial charge in [0.05, 0.1) is 24.8 Å². The summed E-state index contributed by atoms with van der Waals surface area (Å²) in [6, 6.07) is 24.8. The number of nitrogens with zero attached hydrogens (tertiary/aromatic N) is 2. The third-order valence-corrected chi connectivity index (χ3v) is 5.54. The predicted octanol–water partition coefficient (Wildman–Crippen LogP) is 4.85. The van der Waals surface area contributed by atoms with Crippen LogP contribution >= 0.6 is 11.8 Å². The molecule has 1 heterocycles. The molecule has 4 aromatic rings. The number of anilines is 1. The molecule has 31 heavy (non-hydrogen) atoms. The molecular formula is C24H23N3O3S. The van der Waals surface area contributed by atoms with Crippen LogP contribution in [0.15, 0.2) is 84.0 Å². The molecule has 1 amide bonds. The molecule has 1 N–H and O–H groups in total. The van der Waals surface area contributed by atoms with Gasteiger partial charge in [0.1, 0.15) is 18.0 Å². The summed E-state index contributed by atoms with van der Waals surface area (Å²) in [5, 5.41) is 3.73. The highest BCUT2D eigenvalue weighted by atomic mass is 32.2. The summed E-state index contributed by atoms with van der Waals surface area (Å²) in [6.45, 7) is 0.700. The van der Waals surface area contributed by atoms with Crippen molar-refractivity contribution >= 4 is 34.4 Å². The number of methoxy groups -OCH3 is 1. The number of hydrogen-bond acceptors (Lipinski definition) is 5. The summed E-state index contributed by atoms with van der Waals surface area (Å²) in [6.07, 6.45) is 0. The van der Waals surface area contributed by atoms with E-state index < -0.39 is 0 Å². The van der Waals surface area contributed by atoms with Crippen LogP contribution in [0.1, 0.15) is 0 Å².